The van der Waals surface area contributed by atoms with Crippen molar-refractivity contribution in [2.75, 3.05) is 0 Å². The summed E-state index contributed by atoms with van der Waals surface area (Å²) in [5.74, 6) is 1.63. The van der Waals surface area contributed by atoms with E-state index in [1.807, 2.05) is 43.3 Å². The average Bonchev–Trinajstić information content (AvgIpc) is 3.15. The molecule has 0 saturated heterocycles. The molecule has 6 heteroatoms. The third-order valence-electron chi connectivity index (χ3n) is 3.79. The third kappa shape index (κ3) is 2.76. The van der Waals surface area contributed by atoms with E-state index in [0.29, 0.717) is 6.61 Å². The fourth-order valence-corrected chi connectivity index (χ4v) is 3.20. The summed E-state index contributed by atoms with van der Waals surface area (Å²) >= 11 is 1.49. The minimum atomic E-state index is 0.423. The second-order valence-corrected chi connectivity index (χ2v) is 6.67. The first-order chi connectivity index (χ1) is 11.7. The Morgan fingerprint density at radius 3 is 2.58 bits per heavy atom. The molecule has 2 aromatic carbocycles. The summed E-state index contributed by atoms with van der Waals surface area (Å²) in [4.78, 5) is 0.772. The lowest BCUT2D eigenvalue weighted by Crippen LogP contribution is -1.98. The van der Waals surface area contributed by atoms with Crippen molar-refractivity contribution < 1.29 is 4.74 Å². The van der Waals surface area contributed by atoms with Gasteiger partial charge in [0.15, 0.2) is 10.8 Å². The number of nitrogens with zero attached hydrogens (tertiary/aromatic N) is 4. The largest absolute Gasteiger partial charge is 0.486 e. The van der Waals surface area contributed by atoms with E-state index < -0.39 is 0 Å². The first-order valence-electron chi connectivity index (χ1n) is 7.67. The maximum Gasteiger partial charge on any atom is 0.235 e. The summed E-state index contributed by atoms with van der Waals surface area (Å²) in [6.45, 7) is 4.52. The van der Waals surface area contributed by atoms with Gasteiger partial charge in [-0.2, -0.15) is 9.61 Å². The molecule has 0 spiro atoms. The molecule has 0 radical (unpaired) electrons. The third-order valence-corrected chi connectivity index (χ3v) is 4.66. The van der Waals surface area contributed by atoms with Gasteiger partial charge in [-0.1, -0.05) is 59.4 Å². The van der Waals surface area contributed by atoms with Crippen LogP contribution in [0.1, 0.15) is 16.1 Å². The smallest absolute Gasteiger partial charge is 0.235 e. The number of fused-ring (bicyclic) bond motifs is 1. The molecular formula is C18H16N4OS. The fourth-order valence-electron chi connectivity index (χ4n) is 2.46. The van der Waals surface area contributed by atoms with Crippen molar-refractivity contribution in [1.29, 1.82) is 0 Å². The Balaban J connectivity index is 1.60. The first kappa shape index (κ1) is 14.8. The Bertz CT molecular complexity index is 988. The second-order valence-electron chi connectivity index (χ2n) is 5.63. The van der Waals surface area contributed by atoms with E-state index in [-0.39, 0.29) is 0 Å². The first-order valence-corrected chi connectivity index (χ1v) is 8.49. The van der Waals surface area contributed by atoms with Gasteiger partial charge in [-0.15, -0.1) is 10.2 Å². The number of ether oxygens (including phenoxy) is 1. The van der Waals surface area contributed by atoms with Crippen LogP contribution in [0.2, 0.25) is 0 Å². The normalized spacial score (nSPS) is 11.1. The van der Waals surface area contributed by atoms with Crippen molar-refractivity contribution in [3.8, 4) is 17.1 Å². The minimum absolute atomic E-state index is 0.423. The van der Waals surface area contributed by atoms with Crippen LogP contribution >= 0.6 is 11.3 Å². The van der Waals surface area contributed by atoms with Crippen molar-refractivity contribution >= 4 is 16.3 Å². The van der Waals surface area contributed by atoms with Crippen LogP contribution in [-0.2, 0) is 6.61 Å². The standard InChI is InChI=1S/C18H16N4OS/c1-12-7-9-14(10-8-12)17-19-20-18-22(17)21-16(24-18)11-23-15-6-4-3-5-13(15)2/h3-10H,11H2,1-2H3. The van der Waals surface area contributed by atoms with E-state index in [2.05, 4.69) is 34.4 Å². The maximum absolute atomic E-state index is 5.87. The van der Waals surface area contributed by atoms with Gasteiger partial charge >= 0.3 is 0 Å². The van der Waals surface area contributed by atoms with E-state index in [4.69, 9.17) is 4.74 Å². The SMILES string of the molecule is Cc1ccc(-c2nnc3sc(COc4ccccc4C)nn23)cc1. The van der Waals surface area contributed by atoms with Gasteiger partial charge < -0.3 is 4.74 Å². The van der Waals surface area contributed by atoms with Crippen LogP contribution in [0, 0.1) is 13.8 Å². The molecule has 24 heavy (non-hydrogen) atoms. The van der Waals surface area contributed by atoms with Crippen molar-refractivity contribution in [3.63, 3.8) is 0 Å². The number of aryl methyl sites for hydroxylation is 2. The molecule has 4 aromatic rings. The fraction of sp³-hybridized carbons (Fsp3) is 0.167. The van der Waals surface area contributed by atoms with Gasteiger partial charge in [0.2, 0.25) is 4.96 Å². The molecule has 2 heterocycles. The van der Waals surface area contributed by atoms with Crippen LogP contribution < -0.4 is 4.74 Å². The second kappa shape index (κ2) is 6.05. The van der Waals surface area contributed by atoms with Crippen LogP contribution in [-0.4, -0.2) is 19.8 Å². The number of hydrogen-bond acceptors (Lipinski definition) is 5. The zero-order chi connectivity index (χ0) is 16.5. The molecule has 120 valence electrons. The molecule has 4 rings (SSSR count). The number of rotatable bonds is 4. The molecular weight excluding hydrogens is 320 g/mol. The Labute approximate surface area is 143 Å². The van der Waals surface area contributed by atoms with Gasteiger partial charge in [-0.25, -0.2) is 0 Å². The van der Waals surface area contributed by atoms with E-state index >= 15 is 0 Å². The van der Waals surface area contributed by atoms with Crippen molar-refractivity contribution in [2.45, 2.75) is 20.5 Å². The number of aromatic nitrogens is 4. The number of hydrogen-bond donors (Lipinski definition) is 0. The Hall–Kier alpha value is -2.73. The van der Waals surface area contributed by atoms with Crippen LogP contribution in [0.3, 0.4) is 0 Å². The quantitative estimate of drug-likeness (QED) is 0.564. The van der Waals surface area contributed by atoms with Gasteiger partial charge in [0.1, 0.15) is 12.4 Å². The predicted molar refractivity (Wildman–Crippen MR) is 94.3 cm³/mol. The summed E-state index contributed by atoms with van der Waals surface area (Å²) in [5.41, 5.74) is 3.33. The van der Waals surface area contributed by atoms with Crippen molar-refractivity contribution in [2.24, 2.45) is 0 Å². The molecule has 0 atom stereocenters. The maximum atomic E-state index is 5.87. The molecule has 0 bridgehead atoms. The van der Waals surface area contributed by atoms with Crippen LogP contribution in [0.25, 0.3) is 16.3 Å². The highest BCUT2D eigenvalue weighted by molar-refractivity contribution is 7.16. The van der Waals surface area contributed by atoms with Gasteiger partial charge in [-0.3, -0.25) is 0 Å². The molecule has 0 amide bonds. The highest BCUT2D eigenvalue weighted by Gasteiger charge is 2.13. The summed E-state index contributed by atoms with van der Waals surface area (Å²) in [6.07, 6.45) is 0. The van der Waals surface area contributed by atoms with E-state index in [0.717, 1.165) is 32.7 Å². The van der Waals surface area contributed by atoms with Gasteiger partial charge in [0.25, 0.3) is 0 Å². The average molecular weight is 336 g/mol. The molecule has 5 nitrogen and oxygen atoms in total. The molecule has 0 fully saturated rings. The van der Waals surface area contributed by atoms with E-state index in [1.165, 1.54) is 16.9 Å². The predicted octanol–water partition coefficient (Wildman–Crippen LogP) is 4.05. The lowest BCUT2D eigenvalue weighted by molar-refractivity contribution is 0.302. The van der Waals surface area contributed by atoms with Gasteiger partial charge in [0.05, 0.1) is 0 Å². The molecule has 0 N–H and O–H groups in total. The van der Waals surface area contributed by atoms with Crippen LogP contribution in [0.5, 0.6) is 5.75 Å². The Kier molecular flexibility index (Phi) is 3.74. The number of para-hydroxylation sites is 1. The minimum Gasteiger partial charge on any atom is -0.486 e. The van der Waals surface area contributed by atoms with E-state index in [1.54, 1.807) is 4.52 Å². The van der Waals surface area contributed by atoms with Crippen LogP contribution in [0.4, 0.5) is 0 Å². The zero-order valence-electron chi connectivity index (χ0n) is 13.4. The molecule has 0 aliphatic heterocycles. The summed E-state index contributed by atoms with van der Waals surface area (Å²) in [6, 6.07) is 16.2. The topological polar surface area (TPSA) is 52.3 Å². The molecule has 2 aromatic heterocycles. The summed E-state index contributed by atoms with van der Waals surface area (Å²) in [5, 5.41) is 13.9. The highest BCUT2D eigenvalue weighted by Crippen LogP contribution is 2.23. The lowest BCUT2D eigenvalue weighted by atomic mass is 10.1. The van der Waals surface area contributed by atoms with Gasteiger partial charge in [-0.05, 0) is 25.5 Å². The number of benzene rings is 2. The van der Waals surface area contributed by atoms with Crippen LogP contribution in [0.15, 0.2) is 48.5 Å². The molecule has 0 unspecified atom stereocenters. The Morgan fingerprint density at radius 1 is 1.00 bits per heavy atom. The highest BCUT2D eigenvalue weighted by atomic mass is 32.1. The van der Waals surface area contributed by atoms with E-state index in [9.17, 15) is 0 Å². The molecule has 0 saturated carbocycles. The lowest BCUT2D eigenvalue weighted by Gasteiger charge is -2.06. The van der Waals surface area contributed by atoms with Crippen molar-refractivity contribution in [3.05, 3.63) is 64.7 Å². The zero-order valence-corrected chi connectivity index (χ0v) is 14.2. The molecule has 0 aliphatic carbocycles. The van der Waals surface area contributed by atoms with Crippen molar-refractivity contribution in [1.82, 2.24) is 19.8 Å². The Morgan fingerprint density at radius 2 is 1.79 bits per heavy atom. The monoisotopic (exact) mass is 336 g/mol. The summed E-state index contributed by atoms with van der Waals surface area (Å²) < 4.78 is 7.65. The molecule has 0 aliphatic rings. The van der Waals surface area contributed by atoms with Gasteiger partial charge in [0, 0.05) is 5.56 Å². The summed E-state index contributed by atoms with van der Waals surface area (Å²) in [7, 11) is 0.